The normalized spacial score (nSPS) is 17.4. The highest BCUT2D eigenvalue weighted by Crippen LogP contribution is 2.24. The van der Waals surface area contributed by atoms with Crippen LogP contribution in [0.1, 0.15) is 29.9 Å². The van der Waals surface area contributed by atoms with Gasteiger partial charge in [-0.25, -0.2) is 4.98 Å². The number of ether oxygens (including phenoxy) is 1. The number of fused-ring (bicyclic) bond motifs is 1. The van der Waals surface area contributed by atoms with Crippen LogP contribution >= 0.6 is 11.8 Å². The van der Waals surface area contributed by atoms with Crippen LogP contribution < -0.4 is 5.32 Å². The van der Waals surface area contributed by atoms with E-state index in [2.05, 4.69) is 55.9 Å². The van der Waals surface area contributed by atoms with E-state index in [0.717, 1.165) is 54.1 Å². The third-order valence-corrected chi connectivity index (χ3v) is 5.54. The van der Waals surface area contributed by atoms with Crippen LogP contribution in [-0.4, -0.2) is 43.9 Å². The third-order valence-electron chi connectivity index (χ3n) is 4.54. The van der Waals surface area contributed by atoms with E-state index >= 15 is 0 Å². The molecule has 7 nitrogen and oxygen atoms in total. The zero-order chi connectivity index (χ0) is 17.9. The lowest BCUT2D eigenvalue weighted by Crippen LogP contribution is -2.20. The quantitative estimate of drug-likeness (QED) is 0.643. The Hall–Kier alpha value is -1.90. The molecular weight excluding hydrogens is 348 g/mol. The topological polar surface area (TPSA) is 69.3 Å². The number of imidazole rings is 1. The molecule has 138 valence electrons. The molecule has 26 heavy (non-hydrogen) atoms. The second-order valence-electron chi connectivity index (χ2n) is 6.67. The predicted octanol–water partition coefficient (Wildman–Crippen LogP) is 2.42. The van der Waals surface area contributed by atoms with E-state index in [1.807, 2.05) is 7.05 Å². The summed E-state index contributed by atoms with van der Waals surface area (Å²) in [7, 11) is 1.93. The highest BCUT2D eigenvalue weighted by Gasteiger charge is 2.21. The van der Waals surface area contributed by atoms with Gasteiger partial charge in [-0.2, -0.15) is 0 Å². The van der Waals surface area contributed by atoms with Gasteiger partial charge >= 0.3 is 0 Å². The molecule has 1 aliphatic rings. The summed E-state index contributed by atoms with van der Waals surface area (Å²) in [6, 6.07) is 4.13. The molecule has 0 spiro atoms. The van der Waals surface area contributed by atoms with Crippen molar-refractivity contribution in [3.8, 4) is 0 Å². The highest BCUT2D eigenvalue weighted by atomic mass is 32.2. The minimum atomic E-state index is 0.263. The third kappa shape index (κ3) is 3.77. The Balaban J connectivity index is 1.50. The van der Waals surface area contributed by atoms with Crippen molar-refractivity contribution < 1.29 is 4.74 Å². The lowest BCUT2D eigenvalue weighted by atomic mass is 10.2. The maximum absolute atomic E-state index is 5.81. The van der Waals surface area contributed by atoms with Crippen molar-refractivity contribution in [3.63, 3.8) is 0 Å². The van der Waals surface area contributed by atoms with Crippen LogP contribution in [-0.2, 0) is 23.6 Å². The maximum atomic E-state index is 5.81. The Labute approximate surface area is 157 Å². The van der Waals surface area contributed by atoms with Crippen LogP contribution in [0.2, 0.25) is 0 Å². The minimum Gasteiger partial charge on any atom is -0.376 e. The molecule has 0 amide bonds. The average Bonchev–Trinajstić information content (AvgIpc) is 3.35. The molecule has 3 aromatic heterocycles. The maximum Gasteiger partial charge on any atom is 0.191 e. The summed E-state index contributed by atoms with van der Waals surface area (Å²) in [4.78, 5) is 4.69. The molecule has 0 radical (unpaired) electrons. The summed E-state index contributed by atoms with van der Waals surface area (Å²) < 4.78 is 10.1. The van der Waals surface area contributed by atoms with Gasteiger partial charge in [0.2, 0.25) is 0 Å². The number of rotatable bonds is 7. The molecule has 1 atom stereocenters. The number of aryl methyl sites for hydroxylation is 1. The van der Waals surface area contributed by atoms with Crippen LogP contribution in [0, 0.1) is 6.92 Å². The fourth-order valence-corrected chi connectivity index (χ4v) is 4.10. The van der Waals surface area contributed by atoms with Crippen LogP contribution in [0.5, 0.6) is 0 Å². The first-order valence-corrected chi connectivity index (χ1v) is 9.97. The van der Waals surface area contributed by atoms with E-state index in [4.69, 9.17) is 9.72 Å². The number of pyridine rings is 1. The van der Waals surface area contributed by atoms with E-state index < -0.39 is 0 Å². The lowest BCUT2D eigenvalue weighted by molar-refractivity contribution is 0.0941. The van der Waals surface area contributed by atoms with Gasteiger partial charge in [-0.3, -0.25) is 0 Å². The van der Waals surface area contributed by atoms with Gasteiger partial charge in [0.15, 0.2) is 5.16 Å². The van der Waals surface area contributed by atoms with Crippen molar-refractivity contribution in [1.82, 2.24) is 29.5 Å². The number of nitrogens with one attached hydrogen (secondary N) is 1. The van der Waals surface area contributed by atoms with E-state index in [1.54, 1.807) is 11.8 Å². The molecule has 1 N–H and O–H groups in total. The minimum absolute atomic E-state index is 0.263. The Morgan fingerprint density at radius 2 is 2.23 bits per heavy atom. The van der Waals surface area contributed by atoms with Crippen molar-refractivity contribution in [2.24, 2.45) is 0 Å². The molecule has 0 aliphatic carbocycles. The molecule has 0 unspecified atom stereocenters. The monoisotopic (exact) mass is 372 g/mol. The first-order chi connectivity index (χ1) is 12.7. The Morgan fingerprint density at radius 1 is 1.31 bits per heavy atom. The molecule has 1 fully saturated rings. The van der Waals surface area contributed by atoms with Gasteiger partial charge < -0.3 is 19.0 Å². The van der Waals surface area contributed by atoms with Gasteiger partial charge in [0, 0.05) is 24.8 Å². The molecule has 4 rings (SSSR count). The van der Waals surface area contributed by atoms with Gasteiger partial charge in [-0.15, -0.1) is 10.2 Å². The number of hydrogen-bond acceptors (Lipinski definition) is 6. The molecule has 1 saturated heterocycles. The summed E-state index contributed by atoms with van der Waals surface area (Å²) in [5.74, 6) is 1.72. The van der Waals surface area contributed by atoms with E-state index in [0.29, 0.717) is 6.54 Å². The molecule has 0 aromatic carbocycles. The summed E-state index contributed by atoms with van der Waals surface area (Å²) in [6.45, 7) is 4.46. The Morgan fingerprint density at radius 3 is 3.04 bits per heavy atom. The first kappa shape index (κ1) is 17.5. The lowest BCUT2D eigenvalue weighted by Gasteiger charge is -2.14. The van der Waals surface area contributed by atoms with E-state index in [9.17, 15) is 0 Å². The van der Waals surface area contributed by atoms with Crippen LogP contribution in [0.3, 0.4) is 0 Å². The fraction of sp³-hybridized carbons (Fsp3) is 0.500. The van der Waals surface area contributed by atoms with Gasteiger partial charge in [0.25, 0.3) is 0 Å². The zero-order valence-electron chi connectivity index (χ0n) is 15.2. The SMILES string of the molecule is CNCc1nnc(SCc2cn3cc(C)ccc3n2)n1C[C@@H]1CCCO1. The van der Waals surface area contributed by atoms with Crippen molar-refractivity contribution in [1.29, 1.82) is 0 Å². The van der Waals surface area contributed by atoms with Crippen molar-refractivity contribution in [2.45, 2.75) is 49.9 Å². The second kappa shape index (κ2) is 7.77. The standard InChI is InChI=1S/C18H24N6OS/c1-13-5-6-16-20-14(10-23(16)9-13)12-26-18-22-21-17(8-19-2)24(18)11-15-4-3-7-25-15/h5-6,9-10,15,19H,3-4,7-8,11-12H2,1-2H3/t15-/m0/s1. The van der Waals surface area contributed by atoms with Crippen molar-refractivity contribution in [2.75, 3.05) is 13.7 Å². The summed E-state index contributed by atoms with van der Waals surface area (Å²) in [5, 5.41) is 12.9. The molecule has 8 heteroatoms. The van der Waals surface area contributed by atoms with Gasteiger partial charge in [-0.1, -0.05) is 17.8 Å². The molecule has 3 aromatic rings. The van der Waals surface area contributed by atoms with Crippen molar-refractivity contribution in [3.05, 3.63) is 41.6 Å². The summed E-state index contributed by atoms with van der Waals surface area (Å²) in [5.41, 5.74) is 3.24. The number of thioether (sulfide) groups is 1. The second-order valence-corrected chi connectivity index (χ2v) is 7.61. The Bertz CT molecular complexity index is 883. The van der Waals surface area contributed by atoms with E-state index in [-0.39, 0.29) is 6.10 Å². The highest BCUT2D eigenvalue weighted by molar-refractivity contribution is 7.98. The van der Waals surface area contributed by atoms with Crippen molar-refractivity contribution >= 4 is 17.4 Å². The molecule has 0 saturated carbocycles. The van der Waals surface area contributed by atoms with Gasteiger partial charge in [0.05, 0.1) is 24.9 Å². The first-order valence-electron chi connectivity index (χ1n) is 8.98. The fourth-order valence-electron chi connectivity index (χ4n) is 3.25. The number of nitrogens with zero attached hydrogens (tertiary/aromatic N) is 5. The number of aromatic nitrogens is 5. The molecule has 4 heterocycles. The number of hydrogen-bond donors (Lipinski definition) is 1. The van der Waals surface area contributed by atoms with Gasteiger partial charge in [0.1, 0.15) is 11.5 Å². The predicted molar refractivity (Wildman–Crippen MR) is 101 cm³/mol. The van der Waals surface area contributed by atoms with Crippen LogP contribution in [0.15, 0.2) is 29.7 Å². The van der Waals surface area contributed by atoms with Crippen LogP contribution in [0.4, 0.5) is 0 Å². The summed E-state index contributed by atoms with van der Waals surface area (Å²) in [6.07, 6.45) is 6.69. The van der Waals surface area contributed by atoms with Gasteiger partial charge in [-0.05, 0) is 38.4 Å². The average molecular weight is 372 g/mol. The van der Waals surface area contributed by atoms with Crippen LogP contribution in [0.25, 0.3) is 5.65 Å². The Kier molecular flexibility index (Phi) is 5.23. The molecule has 0 bridgehead atoms. The van der Waals surface area contributed by atoms with E-state index in [1.165, 1.54) is 5.56 Å². The smallest absolute Gasteiger partial charge is 0.191 e. The molecular formula is C18H24N6OS. The molecule has 1 aliphatic heterocycles. The summed E-state index contributed by atoms with van der Waals surface area (Å²) >= 11 is 1.68. The zero-order valence-corrected chi connectivity index (χ0v) is 16.0. The largest absolute Gasteiger partial charge is 0.376 e.